The second kappa shape index (κ2) is 10.2. The van der Waals surface area contributed by atoms with Crippen molar-refractivity contribution in [3.63, 3.8) is 0 Å². The Hall–Kier alpha value is -0.710. The first-order chi connectivity index (χ1) is 8.22. The summed E-state index contributed by atoms with van der Waals surface area (Å²) in [5, 5.41) is 6.17. The first-order valence-electron chi connectivity index (χ1n) is 5.90. The Morgan fingerprint density at radius 1 is 1.33 bits per heavy atom. The van der Waals surface area contributed by atoms with E-state index in [2.05, 4.69) is 24.5 Å². The standard InChI is InChI=1S/C13H20N2OS.ClH/c1-3-14-11(2)9-15-13(16)10-17-12-7-5-4-6-8-12;/h4-8,11,14H,3,9-10H2,1-2H3,(H,15,16);1H/t11-;/m1./s1. The molecule has 0 saturated heterocycles. The van der Waals surface area contributed by atoms with E-state index in [9.17, 15) is 4.79 Å². The number of carbonyl (C=O) groups is 1. The number of nitrogens with one attached hydrogen (secondary N) is 2. The summed E-state index contributed by atoms with van der Waals surface area (Å²) in [6, 6.07) is 10.3. The van der Waals surface area contributed by atoms with Gasteiger partial charge in [0.25, 0.3) is 0 Å². The number of thioether (sulfide) groups is 1. The highest BCUT2D eigenvalue weighted by Gasteiger charge is 2.04. The predicted octanol–water partition coefficient (Wildman–Crippen LogP) is 2.31. The molecule has 1 amide bonds. The minimum absolute atomic E-state index is 0. The van der Waals surface area contributed by atoms with Crippen LogP contribution >= 0.6 is 24.2 Å². The van der Waals surface area contributed by atoms with Crippen molar-refractivity contribution in [1.82, 2.24) is 10.6 Å². The van der Waals surface area contributed by atoms with Gasteiger partial charge >= 0.3 is 0 Å². The van der Waals surface area contributed by atoms with Gasteiger partial charge in [-0.1, -0.05) is 25.1 Å². The van der Waals surface area contributed by atoms with Gasteiger partial charge in [-0.3, -0.25) is 4.79 Å². The summed E-state index contributed by atoms with van der Waals surface area (Å²) in [4.78, 5) is 12.7. The zero-order valence-corrected chi connectivity index (χ0v) is 12.4. The van der Waals surface area contributed by atoms with E-state index in [0.717, 1.165) is 11.4 Å². The molecule has 5 heteroatoms. The zero-order valence-electron chi connectivity index (χ0n) is 10.8. The summed E-state index contributed by atoms with van der Waals surface area (Å²) < 4.78 is 0. The van der Waals surface area contributed by atoms with Gasteiger partial charge in [-0.25, -0.2) is 0 Å². The molecule has 0 spiro atoms. The van der Waals surface area contributed by atoms with Gasteiger partial charge in [-0.05, 0) is 25.6 Å². The van der Waals surface area contributed by atoms with Crippen LogP contribution in [0.3, 0.4) is 0 Å². The number of likely N-dealkylation sites (N-methyl/N-ethyl adjacent to an activating group) is 1. The molecule has 0 aliphatic carbocycles. The van der Waals surface area contributed by atoms with Gasteiger partial charge in [-0.15, -0.1) is 24.2 Å². The molecule has 0 aromatic heterocycles. The highest BCUT2D eigenvalue weighted by molar-refractivity contribution is 8.00. The van der Waals surface area contributed by atoms with Crippen LogP contribution in [-0.2, 0) is 4.79 Å². The van der Waals surface area contributed by atoms with Gasteiger partial charge < -0.3 is 10.6 Å². The molecule has 0 heterocycles. The number of carbonyl (C=O) groups excluding carboxylic acids is 1. The third-order valence-electron chi connectivity index (χ3n) is 2.27. The highest BCUT2D eigenvalue weighted by Crippen LogP contribution is 2.15. The molecule has 0 bridgehead atoms. The van der Waals surface area contributed by atoms with Crippen molar-refractivity contribution in [3.8, 4) is 0 Å². The minimum Gasteiger partial charge on any atom is -0.354 e. The summed E-state index contributed by atoms with van der Waals surface area (Å²) in [6.45, 7) is 5.73. The Bertz CT molecular complexity index is 335. The molecule has 18 heavy (non-hydrogen) atoms. The molecule has 0 radical (unpaired) electrons. The molecular formula is C13H21ClN2OS. The van der Waals surface area contributed by atoms with E-state index in [4.69, 9.17) is 0 Å². The normalized spacial score (nSPS) is 11.4. The lowest BCUT2D eigenvalue weighted by atomic mass is 10.3. The Labute approximate surface area is 120 Å². The quantitative estimate of drug-likeness (QED) is 0.757. The van der Waals surface area contributed by atoms with Crippen molar-refractivity contribution in [2.45, 2.75) is 24.8 Å². The lowest BCUT2D eigenvalue weighted by Crippen LogP contribution is -2.39. The van der Waals surface area contributed by atoms with Crippen LogP contribution in [0.15, 0.2) is 35.2 Å². The van der Waals surface area contributed by atoms with Gasteiger partial charge in [0.2, 0.25) is 5.91 Å². The van der Waals surface area contributed by atoms with Gasteiger partial charge in [0.05, 0.1) is 5.75 Å². The fraction of sp³-hybridized carbons (Fsp3) is 0.462. The topological polar surface area (TPSA) is 41.1 Å². The largest absolute Gasteiger partial charge is 0.354 e. The van der Waals surface area contributed by atoms with Crippen molar-refractivity contribution in [2.24, 2.45) is 0 Å². The van der Waals surface area contributed by atoms with Crippen LogP contribution in [0.1, 0.15) is 13.8 Å². The molecule has 2 N–H and O–H groups in total. The number of rotatable bonds is 7. The van der Waals surface area contributed by atoms with Crippen LogP contribution < -0.4 is 10.6 Å². The number of benzene rings is 1. The smallest absolute Gasteiger partial charge is 0.230 e. The molecule has 3 nitrogen and oxygen atoms in total. The fourth-order valence-electron chi connectivity index (χ4n) is 1.40. The third-order valence-corrected chi connectivity index (χ3v) is 3.28. The van der Waals surface area contributed by atoms with E-state index < -0.39 is 0 Å². The molecule has 102 valence electrons. The van der Waals surface area contributed by atoms with Crippen LogP contribution in [0.25, 0.3) is 0 Å². The first kappa shape index (κ1) is 17.3. The Balaban J connectivity index is 0.00000289. The van der Waals surface area contributed by atoms with Gasteiger partial charge in [-0.2, -0.15) is 0 Å². The molecule has 1 aromatic carbocycles. The van der Waals surface area contributed by atoms with Crippen LogP contribution in [0.4, 0.5) is 0 Å². The van der Waals surface area contributed by atoms with Crippen LogP contribution in [0.2, 0.25) is 0 Å². The maximum atomic E-state index is 11.6. The molecule has 1 rings (SSSR count). The minimum atomic E-state index is 0. The van der Waals surface area contributed by atoms with Crippen LogP contribution in [0.5, 0.6) is 0 Å². The van der Waals surface area contributed by atoms with Gasteiger partial charge in [0.1, 0.15) is 0 Å². The SMILES string of the molecule is CCN[C@H](C)CNC(=O)CSc1ccccc1.Cl. The number of amides is 1. The van der Waals surface area contributed by atoms with E-state index in [1.165, 1.54) is 0 Å². The molecule has 0 aliphatic heterocycles. The number of halogens is 1. The third kappa shape index (κ3) is 7.58. The lowest BCUT2D eigenvalue weighted by Gasteiger charge is -2.12. The molecule has 1 atom stereocenters. The summed E-state index contributed by atoms with van der Waals surface area (Å²) in [5.41, 5.74) is 0. The van der Waals surface area contributed by atoms with Crippen molar-refractivity contribution in [1.29, 1.82) is 0 Å². The molecule has 0 aliphatic rings. The molecule has 0 saturated carbocycles. The molecule has 0 fully saturated rings. The van der Waals surface area contributed by atoms with Crippen molar-refractivity contribution in [3.05, 3.63) is 30.3 Å². The van der Waals surface area contributed by atoms with Gasteiger partial charge in [0, 0.05) is 17.5 Å². The lowest BCUT2D eigenvalue weighted by molar-refractivity contribution is -0.118. The average Bonchev–Trinajstić information content (AvgIpc) is 2.35. The van der Waals surface area contributed by atoms with Crippen molar-refractivity contribution in [2.75, 3.05) is 18.8 Å². The van der Waals surface area contributed by atoms with E-state index >= 15 is 0 Å². The average molecular weight is 289 g/mol. The summed E-state index contributed by atoms with van der Waals surface area (Å²) in [5.74, 6) is 0.562. The van der Waals surface area contributed by atoms with Crippen molar-refractivity contribution >= 4 is 30.1 Å². The number of hydrogen-bond donors (Lipinski definition) is 2. The van der Waals surface area contributed by atoms with Gasteiger partial charge in [0.15, 0.2) is 0 Å². The molecule has 0 unspecified atom stereocenters. The maximum Gasteiger partial charge on any atom is 0.230 e. The van der Waals surface area contributed by atoms with E-state index in [1.54, 1.807) is 11.8 Å². The molecular weight excluding hydrogens is 268 g/mol. The number of hydrogen-bond acceptors (Lipinski definition) is 3. The Morgan fingerprint density at radius 2 is 2.00 bits per heavy atom. The second-order valence-electron chi connectivity index (χ2n) is 3.86. The summed E-state index contributed by atoms with van der Waals surface area (Å²) in [6.07, 6.45) is 0. The van der Waals surface area contributed by atoms with E-state index in [-0.39, 0.29) is 18.3 Å². The Morgan fingerprint density at radius 3 is 2.61 bits per heavy atom. The Kier molecular flexibility index (Phi) is 9.83. The van der Waals surface area contributed by atoms with E-state index in [1.807, 2.05) is 30.3 Å². The zero-order chi connectivity index (χ0) is 12.5. The maximum absolute atomic E-state index is 11.6. The highest BCUT2D eigenvalue weighted by atomic mass is 35.5. The monoisotopic (exact) mass is 288 g/mol. The first-order valence-corrected chi connectivity index (χ1v) is 6.89. The summed E-state index contributed by atoms with van der Waals surface area (Å²) in [7, 11) is 0. The summed E-state index contributed by atoms with van der Waals surface area (Å²) >= 11 is 1.56. The van der Waals surface area contributed by atoms with E-state index in [0.29, 0.717) is 18.3 Å². The second-order valence-corrected chi connectivity index (χ2v) is 4.91. The fourth-order valence-corrected chi connectivity index (χ4v) is 2.15. The molecule has 1 aromatic rings. The van der Waals surface area contributed by atoms with Crippen LogP contribution in [-0.4, -0.2) is 30.8 Å². The van der Waals surface area contributed by atoms with Crippen molar-refractivity contribution < 1.29 is 4.79 Å². The predicted molar refractivity (Wildman–Crippen MR) is 80.6 cm³/mol. The van der Waals surface area contributed by atoms with Crippen LogP contribution in [0, 0.1) is 0 Å².